The predicted molar refractivity (Wildman–Crippen MR) is 63.8 cm³/mol. The van der Waals surface area contributed by atoms with Crippen LogP contribution in [0.15, 0.2) is 22.0 Å². The molecule has 2 aromatic rings. The third-order valence-corrected chi connectivity index (χ3v) is 3.09. The summed E-state index contributed by atoms with van der Waals surface area (Å²) in [6, 6.07) is 0. The third-order valence-electron chi connectivity index (χ3n) is 2.29. The van der Waals surface area contributed by atoms with Crippen LogP contribution in [-0.4, -0.2) is 14.5 Å². The molecule has 0 aliphatic carbocycles. The smallest absolute Gasteiger partial charge is 0.304 e. The summed E-state index contributed by atoms with van der Waals surface area (Å²) in [5.41, 5.74) is 2.79. The fourth-order valence-electron chi connectivity index (χ4n) is 1.50. The van der Waals surface area contributed by atoms with Gasteiger partial charge < -0.3 is 4.98 Å². The van der Waals surface area contributed by atoms with E-state index in [0.29, 0.717) is 11.3 Å². The summed E-state index contributed by atoms with van der Waals surface area (Å²) in [5.74, 6) is 0. The van der Waals surface area contributed by atoms with Crippen LogP contribution in [0.4, 0.5) is 0 Å². The largest absolute Gasteiger partial charge is 0.332 e. The molecule has 0 bridgehead atoms. The molecule has 1 N–H and O–H groups in total. The maximum absolute atomic E-state index is 11.6. The molecule has 5 heteroatoms. The zero-order valence-corrected chi connectivity index (χ0v) is 10.1. The first kappa shape index (κ1) is 10.2. The highest BCUT2D eigenvalue weighted by molar-refractivity contribution is 9.10. The summed E-state index contributed by atoms with van der Waals surface area (Å²) >= 11 is 3.37. The first-order valence-corrected chi connectivity index (χ1v) is 5.23. The van der Waals surface area contributed by atoms with Crippen molar-refractivity contribution in [1.82, 2.24) is 14.5 Å². The molecule has 0 atom stereocenters. The van der Waals surface area contributed by atoms with E-state index in [2.05, 4.69) is 32.5 Å². The number of pyridine rings is 1. The van der Waals surface area contributed by atoms with E-state index in [9.17, 15) is 4.79 Å². The zero-order valence-electron chi connectivity index (χ0n) is 8.47. The second-order valence-corrected chi connectivity index (χ2v) is 4.28. The molecule has 0 saturated carbocycles. The number of aromatic nitrogens is 3. The molecular formula is C10H10BrN3O. The van der Waals surface area contributed by atoms with Gasteiger partial charge in [-0.1, -0.05) is 6.58 Å². The minimum absolute atomic E-state index is 0.203. The molecule has 0 amide bonds. The topological polar surface area (TPSA) is 50.7 Å². The average Bonchev–Trinajstić information content (AvgIpc) is 2.49. The number of nitrogens with zero attached hydrogens (tertiary/aromatic N) is 2. The lowest BCUT2D eigenvalue weighted by atomic mass is 10.3. The Balaban J connectivity index is 2.98. The van der Waals surface area contributed by atoms with Crippen molar-refractivity contribution in [3.05, 3.63) is 33.3 Å². The maximum atomic E-state index is 11.6. The molecule has 0 aromatic carbocycles. The van der Waals surface area contributed by atoms with Crippen molar-refractivity contribution >= 4 is 32.8 Å². The van der Waals surface area contributed by atoms with E-state index in [1.165, 1.54) is 4.57 Å². The van der Waals surface area contributed by atoms with E-state index in [0.717, 1.165) is 15.6 Å². The number of nitrogens with one attached hydrogen (secondary N) is 1. The quantitative estimate of drug-likeness (QED) is 0.862. The van der Waals surface area contributed by atoms with E-state index >= 15 is 0 Å². The van der Waals surface area contributed by atoms with Gasteiger partial charge in [0.15, 0.2) is 5.65 Å². The van der Waals surface area contributed by atoms with Gasteiger partial charge in [-0.15, -0.1) is 0 Å². The number of rotatable bonds is 1. The molecule has 0 radical (unpaired) electrons. The first-order chi connectivity index (χ1) is 7.02. The number of fused-ring (bicyclic) bond motifs is 1. The number of allylic oxidation sites excluding steroid dienone is 1. The van der Waals surface area contributed by atoms with Gasteiger partial charge in [-0.3, -0.25) is 0 Å². The Morgan fingerprint density at radius 2 is 2.33 bits per heavy atom. The number of hydrogen-bond acceptors (Lipinski definition) is 2. The summed E-state index contributed by atoms with van der Waals surface area (Å²) in [6.07, 6.45) is 1.68. The third kappa shape index (κ3) is 1.43. The highest BCUT2D eigenvalue weighted by atomic mass is 79.9. The number of aryl methyl sites for hydroxylation is 1. The Morgan fingerprint density at radius 3 is 2.93 bits per heavy atom. The Kier molecular flexibility index (Phi) is 2.26. The molecule has 0 fully saturated rings. The van der Waals surface area contributed by atoms with Gasteiger partial charge in [-0.2, -0.15) is 0 Å². The summed E-state index contributed by atoms with van der Waals surface area (Å²) < 4.78 is 2.35. The highest BCUT2D eigenvalue weighted by Gasteiger charge is 2.11. The van der Waals surface area contributed by atoms with Gasteiger partial charge in [-0.25, -0.2) is 14.3 Å². The Morgan fingerprint density at radius 1 is 1.67 bits per heavy atom. The summed E-state index contributed by atoms with van der Waals surface area (Å²) in [4.78, 5) is 18.6. The van der Waals surface area contributed by atoms with Gasteiger partial charge in [-0.05, 0) is 35.3 Å². The van der Waals surface area contributed by atoms with Gasteiger partial charge in [0, 0.05) is 16.4 Å². The van der Waals surface area contributed by atoms with Crippen molar-refractivity contribution in [2.75, 3.05) is 0 Å². The molecule has 0 aliphatic heterocycles. The number of halogens is 1. The molecule has 78 valence electrons. The molecule has 2 rings (SSSR count). The molecule has 4 nitrogen and oxygen atoms in total. The number of hydrogen-bond donors (Lipinski definition) is 1. The van der Waals surface area contributed by atoms with Crippen LogP contribution in [0, 0.1) is 6.92 Å². The standard InChI is InChI=1S/C10H10BrN3O/c1-5(2)14-9-8(13-10(14)15)6(3)7(11)4-12-9/h4H,1H2,2-3H3,(H,13,15). The number of imidazole rings is 1. The average molecular weight is 268 g/mol. The summed E-state index contributed by atoms with van der Waals surface area (Å²) in [7, 11) is 0. The molecular weight excluding hydrogens is 258 g/mol. The summed E-state index contributed by atoms with van der Waals surface area (Å²) in [6.45, 7) is 7.45. The molecule has 2 aromatic heterocycles. The molecule has 0 aliphatic rings. The molecule has 15 heavy (non-hydrogen) atoms. The molecule has 2 heterocycles. The molecule has 0 saturated heterocycles. The maximum Gasteiger partial charge on any atom is 0.332 e. The van der Waals surface area contributed by atoms with E-state index in [1.54, 1.807) is 13.1 Å². The zero-order chi connectivity index (χ0) is 11.2. The normalized spacial score (nSPS) is 10.9. The van der Waals surface area contributed by atoms with Crippen LogP contribution in [0.1, 0.15) is 12.5 Å². The highest BCUT2D eigenvalue weighted by Crippen LogP contribution is 2.22. The van der Waals surface area contributed by atoms with E-state index in [-0.39, 0.29) is 5.69 Å². The Hall–Kier alpha value is -1.36. The van der Waals surface area contributed by atoms with Gasteiger partial charge in [0.2, 0.25) is 0 Å². The lowest BCUT2D eigenvalue weighted by Gasteiger charge is -2.01. The SMILES string of the molecule is C=C(C)n1c(=O)[nH]c2c(C)c(Br)cnc21. The van der Waals surface area contributed by atoms with Crippen LogP contribution in [0.3, 0.4) is 0 Å². The number of aromatic amines is 1. The van der Waals surface area contributed by atoms with Crippen LogP contribution in [0.2, 0.25) is 0 Å². The fourth-order valence-corrected chi connectivity index (χ4v) is 1.80. The van der Waals surface area contributed by atoms with Crippen LogP contribution < -0.4 is 5.69 Å². The van der Waals surface area contributed by atoms with Crippen molar-refractivity contribution < 1.29 is 0 Å². The Labute approximate surface area is 94.8 Å². The first-order valence-electron chi connectivity index (χ1n) is 4.44. The van der Waals surface area contributed by atoms with Crippen molar-refractivity contribution in [3.8, 4) is 0 Å². The van der Waals surface area contributed by atoms with Crippen molar-refractivity contribution in [2.24, 2.45) is 0 Å². The van der Waals surface area contributed by atoms with Crippen molar-refractivity contribution in [1.29, 1.82) is 0 Å². The fraction of sp³-hybridized carbons (Fsp3) is 0.200. The van der Waals surface area contributed by atoms with Gasteiger partial charge in [0.1, 0.15) is 0 Å². The lowest BCUT2D eigenvalue weighted by Crippen LogP contribution is -2.14. The predicted octanol–water partition coefficient (Wildman–Crippen LogP) is 2.29. The second kappa shape index (κ2) is 3.34. The second-order valence-electron chi connectivity index (χ2n) is 3.43. The lowest BCUT2D eigenvalue weighted by molar-refractivity contribution is 1.02. The minimum atomic E-state index is -0.203. The van der Waals surface area contributed by atoms with E-state index in [4.69, 9.17) is 0 Å². The van der Waals surface area contributed by atoms with E-state index < -0.39 is 0 Å². The molecule has 0 unspecified atom stereocenters. The van der Waals surface area contributed by atoms with Gasteiger partial charge >= 0.3 is 5.69 Å². The molecule has 0 spiro atoms. The van der Waals surface area contributed by atoms with Gasteiger partial charge in [0.05, 0.1) is 5.52 Å². The van der Waals surface area contributed by atoms with E-state index in [1.807, 2.05) is 6.92 Å². The van der Waals surface area contributed by atoms with Crippen molar-refractivity contribution in [3.63, 3.8) is 0 Å². The van der Waals surface area contributed by atoms with Crippen LogP contribution in [0.25, 0.3) is 16.9 Å². The van der Waals surface area contributed by atoms with Gasteiger partial charge in [0.25, 0.3) is 0 Å². The number of H-pyrrole nitrogens is 1. The van der Waals surface area contributed by atoms with Crippen LogP contribution in [0.5, 0.6) is 0 Å². The summed E-state index contributed by atoms with van der Waals surface area (Å²) in [5, 5.41) is 0. The Bertz CT molecular complexity index is 609. The minimum Gasteiger partial charge on any atom is -0.304 e. The van der Waals surface area contributed by atoms with Crippen LogP contribution in [-0.2, 0) is 0 Å². The van der Waals surface area contributed by atoms with Crippen molar-refractivity contribution in [2.45, 2.75) is 13.8 Å². The monoisotopic (exact) mass is 267 g/mol. The van der Waals surface area contributed by atoms with Crippen LogP contribution >= 0.6 is 15.9 Å².